The molecule has 372 valence electrons. The van der Waals surface area contributed by atoms with E-state index in [9.17, 15) is 65.1 Å². The van der Waals surface area contributed by atoms with Crippen molar-refractivity contribution in [2.24, 2.45) is 17.8 Å². The zero-order chi connectivity index (χ0) is 48.3. The van der Waals surface area contributed by atoms with E-state index in [0.29, 0.717) is 6.42 Å². The lowest BCUT2D eigenvalue weighted by atomic mass is 9.87. The second-order valence-corrected chi connectivity index (χ2v) is 16.0. The maximum absolute atomic E-state index is 12.3. The van der Waals surface area contributed by atoms with E-state index in [-0.39, 0.29) is 82.9 Å². The van der Waals surface area contributed by atoms with Gasteiger partial charge in [-0.15, -0.1) is 0 Å². The van der Waals surface area contributed by atoms with Crippen LogP contribution in [0.3, 0.4) is 0 Å². The summed E-state index contributed by atoms with van der Waals surface area (Å²) in [5.41, 5.74) is -4.49. The highest BCUT2D eigenvalue weighted by Gasteiger charge is 2.53. The monoisotopic (exact) mass is 919 g/mol. The molecule has 1 saturated heterocycles. The zero-order valence-corrected chi connectivity index (χ0v) is 37.8. The summed E-state index contributed by atoms with van der Waals surface area (Å²) in [5, 5.41) is 101. The molecule has 1 aliphatic rings. The van der Waals surface area contributed by atoms with Crippen molar-refractivity contribution in [3.8, 4) is 0 Å². The molecule has 0 saturated carbocycles. The highest BCUT2D eigenvalue weighted by Crippen LogP contribution is 2.35. The Kier molecular flexibility index (Phi) is 30.1. The largest absolute Gasteiger partial charge is 0.465 e. The molecule has 1 rings (SSSR count). The number of amides is 1. The maximum Gasteiger partial charge on any atom is 0.306 e. The number of ether oxygens (including phenoxy) is 7. The minimum Gasteiger partial charge on any atom is -0.465 e. The SMILES string of the molecule is CC[C@@]1(OC)O[C@H](CO)[C@H](O)[C@H]1O.CC[C@](CO)(CC(CO)COC(=O)CCC(C)=O)OC[C@](CO)(CC(CO)COC(=O)CCC(=O)NC)OC[C@](CO)(CC(CO)CO)OC. The van der Waals surface area contributed by atoms with Gasteiger partial charge in [-0.05, 0) is 32.6 Å². The summed E-state index contributed by atoms with van der Waals surface area (Å²) in [6, 6.07) is 0. The van der Waals surface area contributed by atoms with Gasteiger partial charge < -0.3 is 94.3 Å². The van der Waals surface area contributed by atoms with Crippen LogP contribution < -0.4 is 5.32 Å². The van der Waals surface area contributed by atoms with Gasteiger partial charge in [0.1, 0.15) is 35.3 Å². The average Bonchev–Trinajstić information content (AvgIpc) is 3.56. The first-order chi connectivity index (χ1) is 29.8. The van der Waals surface area contributed by atoms with Crippen LogP contribution in [0.1, 0.15) is 78.6 Å². The van der Waals surface area contributed by atoms with Crippen LogP contribution >= 0.6 is 0 Å². The molecule has 0 aromatic heterocycles. The van der Waals surface area contributed by atoms with Crippen LogP contribution in [0.5, 0.6) is 0 Å². The van der Waals surface area contributed by atoms with E-state index >= 15 is 0 Å². The van der Waals surface area contributed by atoms with E-state index in [1.165, 1.54) is 28.2 Å². The molecule has 1 amide bonds. The predicted molar refractivity (Wildman–Crippen MR) is 220 cm³/mol. The number of methoxy groups -OCH3 is 2. The number of Topliss-reactive ketones (excluding diaryl/α,β-unsaturated/α-hetero) is 1. The molecule has 1 heterocycles. The first-order valence-electron chi connectivity index (χ1n) is 21.2. The Bertz CT molecular complexity index is 1270. The molecule has 63 heavy (non-hydrogen) atoms. The van der Waals surface area contributed by atoms with E-state index in [4.69, 9.17) is 38.3 Å². The number of nitrogens with one attached hydrogen (secondary N) is 1. The normalized spacial score (nSPS) is 22.5. The van der Waals surface area contributed by atoms with Gasteiger partial charge in [-0.25, -0.2) is 0 Å². The molecule has 0 aromatic carbocycles. The lowest BCUT2D eigenvalue weighted by Crippen LogP contribution is -2.53. The van der Waals surface area contributed by atoms with Gasteiger partial charge in [-0.1, -0.05) is 13.8 Å². The van der Waals surface area contributed by atoms with E-state index in [0.717, 1.165) is 0 Å². The molecule has 0 spiro atoms. The molecular weight excluding hydrogens is 842 g/mol. The quantitative estimate of drug-likeness (QED) is 0.0288. The van der Waals surface area contributed by atoms with Gasteiger partial charge in [-0.3, -0.25) is 14.4 Å². The molecule has 9 atom stereocenters. The third-order valence-corrected chi connectivity index (χ3v) is 11.2. The van der Waals surface area contributed by atoms with E-state index in [1.807, 2.05) is 0 Å². The summed E-state index contributed by atoms with van der Waals surface area (Å²) in [6.07, 6.45) is -3.01. The number of hydrogen-bond acceptors (Lipinski definition) is 21. The fourth-order valence-corrected chi connectivity index (χ4v) is 6.70. The van der Waals surface area contributed by atoms with Gasteiger partial charge >= 0.3 is 11.9 Å². The highest BCUT2D eigenvalue weighted by atomic mass is 16.7. The lowest BCUT2D eigenvalue weighted by Gasteiger charge is -2.42. The second kappa shape index (κ2) is 31.4. The van der Waals surface area contributed by atoms with Gasteiger partial charge in [0, 0.05) is 84.7 Å². The number of carbonyl (C=O) groups is 4. The number of carbonyl (C=O) groups excluding carboxylic acids is 4. The van der Waals surface area contributed by atoms with E-state index < -0.39 is 130 Å². The number of aliphatic hydroxyl groups excluding tert-OH is 10. The zero-order valence-electron chi connectivity index (χ0n) is 37.8. The van der Waals surface area contributed by atoms with Crippen molar-refractivity contribution >= 4 is 23.6 Å². The summed E-state index contributed by atoms with van der Waals surface area (Å²) in [6.45, 7) is -0.533. The molecule has 1 aliphatic heterocycles. The molecule has 0 aliphatic carbocycles. The Hall–Kier alpha value is -2.52. The molecule has 0 bridgehead atoms. The van der Waals surface area contributed by atoms with Crippen LogP contribution in [0.25, 0.3) is 0 Å². The third kappa shape index (κ3) is 20.3. The number of hydrogen-bond donors (Lipinski definition) is 11. The van der Waals surface area contributed by atoms with Crippen molar-refractivity contribution in [1.29, 1.82) is 0 Å². The molecule has 1 fully saturated rings. The van der Waals surface area contributed by atoms with E-state index in [2.05, 4.69) is 5.32 Å². The van der Waals surface area contributed by atoms with Gasteiger partial charge in [0.2, 0.25) is 5.91 Å². The number of esters is 2. The topological polar surface area (TPSA) is 347 Å². The third-order valence-electron chi connectivity index (χ3n) is 11.2. The Morgan fingerprint density at radius 1 is 0.683 bits per heavy atom. The van der Waals surface area contributed by atoms with Crippen LogP contribution in [0.15, 0.2) is 0 Å². The summed E-state index contributed by atoms with van der Waals surface area (Å²) < 4.78 is 38.8. The number of rotatable bonds is 34. The highest BCUT2D eigenvalue weighted by molar-refractivity contribution is 5.81. The average molecular weight is 920 g/mol. The Morgan fingerprint density at radius 2 is 1.14 bits per heavy atom. The lowest BCUT2D eigenvalue weighted by molar-refractivity contribution is -0.248. The van der Waals surface area contributed by atoms with Crippen LogP contribution in [-0.2, 0) is 52.3 Å². The van der Waals surface area contributed by atoms with Crippen molar-refractivity contribution in [3.63, 3.8) is 0 Å². The second-order valence-electron chi connectivity index (χ2n) is 16.0. The molecular formula is C41H77NO21. The van der Waals surface area contributed by atoms with E-state index in [1.54, 1.807) is 13.8 Å². The summed E-state index contributed by atoms with van der Waals surface area (Å²) in [7, 11) is 4.13. The first kappa shape index (κ1) is 60.5. The van der Waals surface area contributed by atoms with Crippen LogP contribution in [0.2, 0.25) is 0 Å². The van der Waals surface area contributed by atoms with Crippen molar-refractivity contribution in [2.75, 3.05) is 101 Å². The van der Waals surface area contributed by atoms with Crippen molar-refractivity contribution < 1.29 is 103 Å². The minimum atomic E-state index is -1.68. The molecule has 0 radical (unpaired) electrons. The van der Waals surface area contributed by atoms with Gasteiger partial charge in [-0.2, -0.15) is 0 Å². The summed E-state index contributed by atoms with van der Waals surface area (Å²) >= 11 is 0. The van der Waals surface area contributed by atoms with Crippen LogP contribution in [-0.4, -0.2) is 216 Å². The maximum atomic E-state index is 12.3. The number of aliphatic hydroxyl groups is 10. The van der Waals surface area contributed by atoms with Gasteiger partial charge in [0.05, 0.1) is 71.3 Å². The fourth-order valence-electron chi connectivity index (χ4n) is 6.70. The molecule has 11 N–H and O–H groups in total. The summed E-state index contributed by atoms with van der Waals surface area (Å²) in [5.74, 6) is -5.23. The van der Waals surface area contributed by atoms with Crippen molar-refractivity contribution in [2.45, 2.75) is 119 Å². The molecule has 22 nitrogen and oxygen atoms in total. The smallest absolute Gasteiger partial charge is 0.306 e. The number of ketones is 1. The molecule has 2 unspecified atom stereocenters. The predicted octanol–water partition coefficient (Wildman–Crippen LogP) is -2.91. The van der Waals surface area contributed by atoms with Crippen molar-refractivity contribution in [1.82, 2.24) is 5.32 Å². The van der Waals surface area contributed by atoms with Crippen LogP contribution in [0, 0.1) is 17.8 Å². The van der Waals surface area contributed by atoms with Crippen LogP contribution in [0.4, 0.5) is 0 Å². The summed E-state index contributed by atoms with van der Waals surface area (Å²) in [4.78, 5) is 47.1. The Labute approximate surface area is 369 Å². The molecule has 0 aromatic rings. The van der Waals surface area contributed by atoms with Gasteiger partial charge in [0.25, 0.3) is 0 Å². The standard InChI is InChI=1S/C33H61NO16.C8H16O5/c1-5-31(19-39,11-26(15-37)17-47-29(44)8-6-24(2)42)49-23-33(21-41,50-22-32(20-40,46-4)10-25(13-35)14-36)12-27(16-38)18-48-30(45)9-7-28(43)34-3;1-3-8(12-2)7(11)6(10)5(4-9)13-8/h25-27,35-41H,5-23H2,1-4H3,(H,34,43);5-7,9-11H,3-4H2,1-2H3/t26?,27?,31-,32-,33-;5-,6+,7-,8-/m11/s1. The van der Waals surface area contributed by atoms with Crippen molar-refractivity contribution in [3.05, 3.63) is 0 Å². The van der Waals surface area contributed by atoms with Gasteiger partial charge in [0.15, 0.2) is 5.79 Å². The Balaban J connectivity index is 0.00000250. The fraction of sp³-hybridized carbons (Fsp3) is 0.902. The molecule has 22 heteroatoms. The minimum absolute atomic E-state index is 0.00228. The first-order valence-corrected chi connectivity index (χ1v) is 21.2. The Morgan fingerprint density at radius 3 is 1.51 bits per heavy atom.